The molecule has 1 unspecified atom stereocenters. The number of furan rings is 1. The van der Waals surface area contributed by atoms with Gasteiger partial charge < -0.3 is 20.8 Å². The molecule has 1 atom stereocenters. The average Bonchev–Trinajstić information content (AvgIpc) is 2.78. The molecule has 4 N–H and O–H groups in total. The van der Waals surface area contributed by atoms with Gasteiger partial charge in [-0.1, -0.05) is 6.92 Å². The van der Waals surface area contributed by atoms with Crippen molar-refractivity contribution in [3.63, 3.8) is 0 Å². The molecule has 1 aliphatic heterocycles. The molecule has 1 aromatic rings. The fourth-order valence-corrected chi connectivity index (χ4v) is 2.06. The minimum Gasteiger partial charge on any atom is -0.444 e. The maximum Gasteiger partial charge on any atom is 0.195 e. The lowest BCUT2D eigenvalue weighted by Gasteiger charge is -2.29. The van der Waals surface area contributed by atoms with Crippen molar-refractivity contribution in [1.82, 2.24) is 0 Å². The number of nitrogens with two attached hydrogens (primary N) is 2. The molecule has 0 spiro atoms. The number of piperidine rings is 1. The molecule has 1 aromatic heterocycles. The van der Waals surface area contributed by atoms with Gasteiger partial charge in [-0.25, -0.2) is 0 Å². The molecule has 0 aromatic carbocycles. The molecule has 0 bridgehead atoms. The second-order valence-corrected chi connectivity index (χ2v) is 4.69. The van der Waals surface area contributed by atoms with E-state index in [-0.39, 0.29) is 6.04 Å². The molecular formula is C12H21N3O. The first kappa shape index (κ1) is 11.5. The van der Waals surface area contributed by atoms with E-state index in [0.717, 1.165) is 30.7 Å². The summed E-state index contributed by atoms with van der Waals surface area (Å²) in [7, 11) is 0. The summed E-state index contributed by atoms with van der Waals surface area (Å²) >= 11 is 0. The number of hydrogen-bond acceptors (Lipinski definition) is 4. The van der Waals surface area contributed by atoms with Gasteiger partial charge in [0.2, 0.25) is 0 Å². The summed E-state index contributed by atoms with van der Waals surface area (Å²) in [5.41, 5.74) is 11.3. The van der Waals surface area contributed by atoms with Crippen LogP contribution in [0, 0.1) is 5.92 Å². The first-order valence-electron chi connectivity index (χ1n) is 6.01. The molecule has 0 radical (unpaired) electrons. The van der Waals surface area contributed by atoms with E-state index in [1.54, 1.807) is 0 Å². The third kappa shape index (κ3) is 2.39. The van der Waals surface area contributed by atoms with Gasteiger partial charge in [0.25, 0.3) is 0 Å². The molecular weight excluding hydrogens is 202 g/mol. The van der Waals surface area contributed by atoms with Gasteiger partial charge in [-0.05, 0) is 24.8 Å². The lowest BCUT2D eigenvalue weighted by atomic mass is 9.99. The van der Waals surface area contributed by atoms with Crippen molar-refractivity contribution in [1.29, 1.82) is 0 Å². The molecule has 1 fully saturated rings. The van der Waals surface area contributed by atoms with Gasteiger partial charge in [0, 0.05) is 25.7 Å². The van der Waals surface area contributed by atoms with Crippen molar-refractivity contribution in [2.45, 2.75) is 25.8 Å². The van der Waals surface area contributed by atoms with E-state index in [4.69, 9.17) is 15.9 Å². The molecule has 1 saturated heterocycles. The van der Waals surface area contributed by atoms with Crippen molar-refractivity contribution >= 4 is 5.88 Å². The van der Waals surface area contributed by atoms with Crippen LogP contribution >= 0.6 is 0 Å². The maximum atomic E-state index is 5.82. The van der Waals surface area contributed by atoms with Crippen LogP contribution in [-0.2, 0) is 0 Å². The Balaban J connectivity index is 2.01. The molecule has 0 aliphatic carbocycles. The SMILES string of the molecule is CC1CCN(c2ccc(C(N)CN)o2)CC1. The normalized spacial score (nSPS) is 20.1. The summed E-state index contributed by atoms with van der Waals surface area (Å²) in [4.78, 5) is 2.28. The standard InChI is InChI=1S/C12H21N3O/c1-9-4-6-15(7-5-9)12-3-2-11(16-12)10(14)8-13/h2-3,9-10H,4-8,13-14H2,1H3. The first-order chi connectivity index (χ1) is 7.70. The average molecular weight is 223 g/mol. The van der Waals surface area contributed by atoms with Crippen molar-refractivity contribution in [3.8, 4) is 0 Å². The summed E-state index contributed by atoms with van der Waals surface area (Å²) in [5.74, 6) is 2.55. The lowest BCUT2D eigenvalue weighted by Crippen LogP contribution is -2.32. The van der Waals surface area contributed by atoms with Gasteiger partial charge in [0.05, 0.1) is 6.04 Å². The highest BCUT2D eigenvalue weighted by atomic mass is 16.4. The van der Waals surface area contributed by atoms with E-state index in [9.17, 15) is 0 Å². The Morgan fingerprint density at radius 2 is 2.12 bits per heavy atom. The van der Waals surface area contributed by atoms with E-state index in [1.165, 1.54) is 12.8 Å². The highest BCUT2D eigenvalue weighted by Gasteiger charge is 2.19. The smallest absolute Gasteiger partial charge is 0.195 e. The van der Waals surface area contributed by atoms with Crippen molar-refractivity contribution in [3.05, 3.63) is 17.9 Å². The topological polar surface area (TPSA) is 68.4 Å². The summed E-state index contributed by atoms with van der Waals surface area (Å²) < 4.78 is 5.73. The monoisotopic (exact) mass is 223 g/mol. The summed E-state index contributed by atoms with van der Waals surface area (Å²) in [5, 5.41) is 0. The van der Waals surface area contributed by atoms with E-state index >= 15 is 0 Å². The molecule has 1 aliphatic rings. The first-order valence-corrected chi connectivity index (χ1v) is 6.01. The Bertz CT molecular complexity index is 329. The predicted octanol–water partition coefficient (Wildman–Crippen LogP) is 1.47. The number of anilines is 1. The van der Waals surface area contributed by atoms with Crippen LogP contribution in [0.15, 0.2) is 16.5 Å². The highest BCUT2D eigenvalue weighted by Crippen LogP contribution is 2.26. The van der Waals surface area contributed by atoms with E-state index in [2.05, 4.69) is 11.8 Å². The number of hydrogen-bond donors (Lipinski definition) is 2. The molecule has 4 nitrogen and oxygen atoms in total. The molecule has 0 saturated carbocycles. The van der Waals surface area contributed by atoms with Crippen LogP contribution in [0.25, 0.3) is 0 Å². The van der Waals surface area contributed by atoms with Crippen LogP contribution in [0.2, 0.25) is 0 Å². The van der Waals surface area contributed by atoms with E-state index < -0.39 is 0 Å². The van der Waals surface area contributed by atoms with Gasteiger partial charge in [-0.15, -0.1) is 0 Å². The van der Waals surface area contributed by atoms with Gasteiger partial charge in [-0.3, -0.25) is 0 Å². The van der Waals surface area contributed by atoms with Crippen LogP contribution in [0.1, 0.15) is 31.6 Å². The predicted molar refractivity (Wildman–Crippen MR) is 65.3 cm³/mol. The van der Waals surface area contributed by atoms with Crippen molar-refractivity contribution < 1.29 is 4.42 Å². The second kappa shape index (κ2) is 4.89. The van der Waals surface area contributed by atoms with Gasteiger partial charge in [0.15, 0.2) is 5.88 Å². The molecule has 0 amide bonds. The Hall–Kier alpha value is -1.00. The third-order valence-electron chi connectivity index (χ3n) is 3.33. The highest BCUT2D eigenvalue weighted by molar-refractivity contribution is 5.37. The van der Waals surface area contributed by atoms with Crippen molar-refractivity contribution in [2.24, 2.45) is 17.4 Å². The zero-order valence-electron chi connectivity index (χ0n) is 9.86. The molecule has 2 heterocycles. The van der Waals surface area contributed by atoms with Crippen LogP contribution < -0.4 is 16.4 Å². The fourth-order valence-electron chi connectivity index (χ4n) is 2.06. The fraction of sp³-hybridized carbons (Fsp3) is 0.667. The Labute approximate surface area is 96.6 Å². The second-order valence-electron chi connectivity index (χ2n) is 4.69. The zero-order valence-corrected chi connectivity index (χ0v) is 9.86. The minimum atomic E-state index is -0.183. The van der Waals surface area contributed by atoms with E-state index in [0.29, 0.717) is 6.54 Å². The van der Waals surface area contributed by atoms with Crippen LogP contribution in [0.5, 0.6) is 0 Å². The largest absolute Gasteiger partial charge is 0.444 e. The van der Waals surface area contributed by atoms with Crippen LogP contribution in [-0.4, -0.2) is 19.6 Å². The Kier molecular flexibility index (Phi) is 3.51. The Morgan fingerprint density at radius 3 is 2.75 bits per heavy atom. The Morgan fingerprint density at radius 1 is 1.44 bits per heavy atom. The number of rotatable bonds is 3. The molecule has 16 heavy (non-hydrogen) atoms. The minimum absolute atomic E-state index is 0.183. The summed E-state index contributed by atoms with van der Waals surface area (Å²) in [6, 6.07) is 3.75. The lowest BCUT2D eigenvalue weighted by molar-refractivity contribution is 0.403. The van der Waals surface area contributed by atoms with Crippen molar-refractivity contribution in [2.75, 3.05) is 24.5 Å². The third-order valence-corrected chi connectivity index (χ3v) is 3.33. The molecule has 2 rings (SSSR count). The van der Waals surface area contributed by atoms with Crippen LogP contribution in [0.3, 0.4) is 0 Å². The van der Waals surface area contributed by atoms with Gasteiger partial charge >= 0.3 is 0 Å². The quantitative estimate of drug-likeness (QED) is 0.814. The van der Waals surface area contributed by atoms with Gasteiger partial charge in [-0.2, -0.15) is 0 Å². The van der Waals surface area contributed by atoms with Gasteiger partial charge in [0.1, 0.15) is 5.76 Å². The summed E-state index contributed by atoms with van der Waals surface area (Å²) in [6.07, 6.45) is 2.47. The van der Waals surface area contributed by atoms with E-state index in [1.807, 2.05) is 12.1 Å². The van der Waals surface area contributed by atoms with Crippen LogP contribution in [0.4, 0.5) is 5.88 Å². The molecule has 4 heteroatoms. The maximum absolute atomic E-state index is 5.82. The number of nitrogens with zero attached hydrogens (tertiary/aromatic N) is 1. The summed E-state index contributed by atoms with van der Waals surface area (Å²) in [6.45, 7) is 4.87. The molecule has 90 valence electrons. The zero-order chi connectivity index (χ0) is 11.5.